The van der Waals surface area contributed by atoms with Gasteiger partial charge in [-0.25, -0.2) is 9.97 Å². The largest absolute Gasteiger partial charge is 0.368 e. The monoisotopic (exact) mass is 242 g/mol. The Labute approximate surface area is 102 Å². The van der Waals surface area contributed by atoms with Crippen LogP contribution in [-0.2, 0) is 0 Å². The first-order chi connectivity index (χ1) is 8.25. The van der Waals surface area contributed by atoms with E-state index in [1.807, 2.05) is 12.1 Å². The molecule has 3 heterocycles. The zero-order valence-electron chi connectivity index (χ0n) is 9.21. The van der Waals surface area contributed by atoms with Crippen LogP contribution in [0, 0.1) is 6.92 Å². The quantitative estimate of drug-likeness (QED) is 0.712. The number of rotatable bonds is 1. The zero-order chi connectivity index (χ0) is 11.8. The van der Waals surface area contributed by atoms with E-state index in [1.165, 1.54) is 0 Å². The first-order valence-corrected chi connectivity index (χ1v) is 6.00. The summed E-state index contributed by atoms with van der Waals surface area (Å²) in [6.45, 7) is 2.06. The Kier molecular flexibility index (Phi) is 2.26. The molecule has 0 bridgehead atoms. The van der Waals surface area contributed by atoms with Gasteiger partial charge in [-0.3, -0.25) is 4.98 Å². The third kappa shape index (κ3) is 1.64. The van der Waals surface area contributed by atoms with Gasteiger partial charge in [-0.05, 0) is 30.7 Å². The van der Waals surface area contributed by atoms with Crippen LogP contribution in [0.1, 0.15) is 5.56 Å². The average molecular weight is 242 g/mol. The molecule has 5 heteroatoms. The number of thiophene rings is 1. The van der Waals surface area contributed by atoms with Crippen molar-refractivity contribution >= 4 is 27.5 Å². The summed E-state index contributed by atoms with van der Waals surface area (Å²) in [6, 6.07) is 5.87. The lowest BCUT2D eigenvalue weighted by Crippen LogP contribution is -1.94. The van der Waals surface area contributed by atoms with E-state index in [9.17, 15) is 0 Å². The Balaban J connectivity index is 2.27. The number of aromatic nitrogens is 3. The van der Waals surface area contributed by atoms with Gasteiger partial charge in [0.25, 0.3) is 0 Å². The van der Waals surface area contributed by atoms with Gasteiger partial charge in [0.15, 0.2) is 0 Å². The molecule has 0 spiro atoms. The third-order valence-electron chi connectivity index (χ3n) is 2.59. The van der Waals surface area contributed by atoms with Crippen LogP contribution in [0.5, 0.6) is 0 Å². The maximum atomic E-state index is 5.61. The fraction of sp³-hybridized carbons (Fsp3) is 0.0833. The van der Waals surface area contributed by atoms with E-state index in [2.05, 4.69) is 27.9 Å². The molecule has 3 aromatic heterocycles. The van der Waals surface area contributed by atoms with Gasteiger partial charge in [-0.2, -0.15) is 0 Å². The highest BCUT2D eigenvalue weighted by molar-refractivity contribution is 7.22. The maximum Gasteiger partial charge on any atom is 0.220 e. The van der Waals surface area contributed by atoms with E-state index in [0.29, 0.717) is 5.95 Å². The van der Waals surface area contributed by atoms with E-state index in [0.717, 1.165) is 26.4 Å². The lowest BCUT2D eigenvalue weighted by Gasteiger charge is -1.98. The second-order valence-corrected chi connectivity index (χ2v) is 4.76. The molecule has 0 aliphatic heterocycles. The summed E-state index contributed by atoms with van der Waals surface area (Å²) in [5.41, 5.74) is 8.64. The third-order valence-corrected chi connectivity index (χ3v) is 3.85. The van der Waals surface area contributed by atoms with Crippen LogP contribution in [-0.4, -0.2) is 15.0 Å². The molecular weight excluding hydrogens is 232 g/mol. The number of anilines is 1. The molecule has 3 rings (SSSR count). The van der Waals surface area contributed by atoms with E-state index in [-0.39, 0.29) is 0 Å². The molecule has 0 atom stereocenters. The van der Waals surface area contributed by atoms with Crippen LogP contribution in [0.25, 0.3) is 20.8 Å². The number of hydrogen-bond acceptors (Lipinski definition) is 5. The van der Waals surface area contributed by atoms with Gasteiger partial charge < -0.3 is 5.73 Å². The van der Waals surface area contributed by atoms with E-state index >= 15 is 0 Å². The minimum absolute atomic E-state index is 0.298. The molecule has 0 saturated heterocycles. The first-order valence-electron chi connectivity index (χ1n) is 5.19. The zero-order valence-corrected chi connectivity index (χ0v) is 10.0. The summed E-state index contributed by atoms with van der Waals surface area (Å²) >= 11 is 1.68. The van der Waals surface area contributed by atoms with Crippen LogP contribution in [0.2, 0.25) is 0 Å². The molecule has 2 N–H and O–H groups in total. The van der Waals surface area contributed by atoms with Crippen molar-refractivity contribution in [3.05, 3.63) is 36.2 Å². The SMILES string of the molecule is Cc1c(-c2ccnc(N)n2)sc2cccnc12. The molecule has 0 aromatic carbocycles. The normalized spacial score (nSPS) is 10.9. The van der Waals surface area contributed by atoms with Gasteiger partial charge in [0.05, 0.1) is 20.8 Å². The van der Waals surface area contributed by atoms with E-state index in [1.54, 1.807) is 23.7 Å². The molecule has 0 unspecified atom stereocenters. The molecule has 0 fully saturated rings. The Morgan fingerprint density at radius 2 is 2.06 bits per heavy atom. The molecule has 3 aromatic rings. The van der Waals surface area contributed by atoms with Crippen LogP contribution in [0.15, 0.2) is 30.6 Å². The van der Waals surface area contributed by atoms with Crippen LogP contribution < -0.4 is 5.73 Å². The highest BCUT2D eigenvalue weighted by Gasteiger charge is 2.12. The lowest BCUT2D eigenvalue weighted by atomic mass is 10.2. The average Bonchev–Trinajstić information content (AvgIpc) is 2.68. The highest BCUT2D eigenvalue weighted by atomic mass is 32.1. The molecule has 4 nitrogen and oxygen atoms in total. The predicted molar refractivity (Wildman–Crippen MR) is 69.8 cm³/mol. The van der Waals surface area contributed by atoms with Crippen molar-refractivity contribution in [3.8, 4) is 10.6 Å². The fourth-order valence-electron chi connectivity index (χ4n) is 1.79. The number of hydrogen-bond donors (Lipinski definition) is 1. The number of fused-ring (bicyclic) bond motifs is 1. The Morgan fingerprint density at radius 3 is 2.82 bits per heavy atom. The second kappa shape index (κ2) is 3.78. The smallest absolute Gasteiger partial charge is 0.220 e. The molecule has 0 aliphatic rings. The number of nitrogen functional groups attached to an aromatic ring is 1. The van der Waals surface area contributed by atoms with Crippen LogP contribution in [0.4, 0.5) is 5.95 Å². The van der Waals surface area contributed by atoms with Gasteiger partial charge in [0.1, 0.15) is 0 Å². The van der Waals surface area contributed by atoms with Gasteiger partial charge in [0, 0.05) is 12.4 Å². The molecule has 84 valence electrons. The second-order valence-electron chi connectivity index (χ2n) is 3.71. The van der Waals surface area contributed by atoms with Gasteiger partial charge >= 0.3 is 0 Å². The van der Waals surface area contributed by atoms with Crippen molar-refractivity contribution in [2.24, 2.45) is 0 Å². The van der Waals surface area contributed by atoms with Crippen LogP contribution in [0.3, 0.4) is 0 Å². The van der Waals surface area contributed by atoms with Crippen LogP contribution >= 0.6 is 11.3 Å². The minimum atomic E-state index is 0.298. The number of nitrogens with two attached hydrogens (primary N) is 1. The molecular formula is C12H10N4S. The van der Waals surface area contributed by atoms with Crippen molar-refractivity contribution in [1.82, 2.24) is 15.0 Å². The van der Waals surface area contributed by atoms with Gasteiger partial charge in [-0.1, -0.05) is 0 Å². The van der Waals surface area contributed by atoms with Crippen molar-refractivity contribution in [2.45, 2.75) is 6.92 Å². The highest BCUT2D eigenvalue weighted by Crippen LogP contribution is 2.35. The van der Waals surface area contributed by atoms with Crippen molar-refractivity contribution in [1.29, 1.82) is 0 Å². The minimum Gasteiger partial charge on any atom is -0.368 e. The van der Waals surface area contributed by atoms with Gasteiger partial charge in [-0.15, -0.1) is 11.3 Å². The summed E-state index contributed by atoms with van der Waals surface area (Å²) in [7, 11) is 0. The van der Waals surface area contributed by atoms with Crippen molar-refractivity contribution in [2.75, 3.05) is 5.73 Å². The van der Waals surface area contributed by atoms with Gasteiger partial charge in [0.2, 0.25) is 5.95 Å². The maximum absolute atomic E-state index is 5.61. The molecule has 17 heavy (non-hydrogen) atoms. The summed E-state index contributed by atoms with van der Waals surface area (Å²) < 4.78 is 1.16. The standard InChI is InChI=1S/C12H10N4S/c1-7-10-9(3-2-5-14-10)17-11(7)8-4-6-15-12(13)16-8/h2-6H,1H3,(H2,13,15,16). The topological polar surface area (TPSA) is 64.7 Å². The summed E-state index contributed by atoms with van der Waals surface area (Å²) in [6.07, 6.45) is 3.48. The fourth-order valence-corrected chi connectivity index (χ4v) is 2.93. The summed E-state index contributed by atoms with van der Waals surface area (Å²) in [5.74, 6) is 0.298. The predicted octanol–water partition coefficient (Wildman–Crippen LogP) is 2.64. The number of pyridine rings is 1. The Bertz CT molecular complexity index is 690. The molecule has 0 aliphatic carbocycles. The number of nitrogens with zero attached hydrogens (tertiary/aromatic N) is 3. The Hall–Kier alpha value is -2.01. The summed E-state index contributed by atoms with van der Waals surface area (Å²) in [5, 5.41) is 0. The Morgan fingerprint density at radius 1 is 1.18 bits per heavy atom. The van der Waals surface area contributed by atoms with E-state index < -0.39 is 0 Å². The number of aryl methyl sites for hydroxylation is 1. The first kappa shape index (κ1) is 10.2. The molecule has 0 saturated carbocycles. The lowest BCUT2D eigenvalue weighted by molar-refractivity contribution is 1.19. The molecule has 0 amide bonds. The summed E-state index contributed by atoms with van der Waals surface area (Å²) in [4.78, 5) is 13.6. The van der Waals surface area contributed by atoms with E-state index in [4.69, 9.17) is 5.73 Å². The van der Waals surface area contributed by atoms with Crippen molar-refractivity contribution < 1.29 is 0 Å². The van der Waals surface area contributed by atoms with Crippen molar-refractivity contribution in [3.63, 3.8) is 0 Å². The molecule has 0 radical (unpaired) electrons.